The molecule has 1 aromatic heterocycles. The number of halogens is 1. The van der Waals surface area contributed by atoms with E-state index in [9.17, 15) is 17.6 Å². The summed E-state index contributed by atoms with van der Waals surface area (Å²) in [5.41, 5.74) is -0.647. The number of nitrogens with zero attached hydrogens (tertiary/aromatic N) is 3. The molecule has 170 valence electrons. The van der Waals surface area contributed by atoms with Crippen LogP contribution in [0.3, 0.4) is 0 Å². The second kappa shape index (κ2) is 8.58. The minimum atomic E-state index is -4.06. The van der Waals surface area contributed by atoms with Crippen molar-refractivity contribution in [1.29, 1.82) is 0 Å². The molecule has 0 aliphatic carbocycles. The fourth-order valence-corrected chi connectivity index (χ4v) is 5.58. The maximum Gasteiger partial charge on any atom is 0.410 e. The van der Waals surface area contributed by atoms with Gasteiger partial charge in [-0.15, -0.1) is 0 Å². The average molecular weight is 454 g/mol. The normalized spacial score (nSPS) is 18.6. The lowest BCUT2D eigenvalue weighted by molar-refractivity contribution is 0.0244. The molecule has 1 aliphatic heterocycles. The van der Waals surface area contributed by atoms with Crippen molar-refractivity contribution in [1.82, 2.24) is 14.2 Å². The SMILES string of the molecule is COc1ncc(F)c2c(S(=O)(=O)N3CCCN(C(=O)OC(C)(C)C)C[C@H]3C)cccc12. The van der Waals surface area contributed by atoms with E-state index in [-0.39, 0.29) is 34.6 Å². The number of fused-ring (bicyclic) bond motifs is 1. The van der Waals surface area contributed by atoms with E-state index in [4.69, 9.17) is 9.47 Å². The first-order chi connectivity index (χ1) is 14.5. The summed E-state index contributed by atoms with van der Waals surface area (Å²) < 4.78 is 53.8. The van der Waals surface area contributed by atoms with Gasteiger partial charge in [0.2, 0.25) is 15.9 Å². The van der Waals surface area contributed by atoms with Gasteiger partial charge in [-0.25, -0.2) is 22.6 Å². The fraction of sp³-hybridized carbons (Fsp3) is 0.524. The molecule has 1 aromatic carbocycles. The second-order valence-corrected chi connectivity index (χ2v) is 10.4. The van der Waals surface area contributed by atoms with Crippen molar-refractivity contribution >= 4 is 26.9 Å². The lowest BCUT2D eigenvalue weighted by Gasteiger charge is -2.30. The summed E-state index contributed by atoms with van der Waals surface area (Å²) in [4.78, 5) is 17.7. The third kappa shape index (κ3) is 4.74. The Hall–Kier alpha value is -2.46. The van der Waals surface area contributed by atoms with Crippen LogP contribution in [-0.2, 0) is 14.8 Å². The molecule has 0 spiro atoms. The Bertz CT molecular complexity index is 1080. The van der Waals surface area contributed by atoms with E-state index in [2.05, 4.69) is 4.98 Å². The van der Waals surface area contributed by atoms with Gasteiger partial charge in [0.25, 0.3) is 0 Å². The number of ether oxygens (including phenoxy) is 2. The zero-order valence-corrected chi connectivity index (χ0v) is 19.2. The Morgan fingerprint density at radius 1 is 1.26 bits per heavy atom. The van der Waals surface area contributed by atoms with Crippen molar-refractivity contribution in [2.75, 3.05) is 26.7 Å². The number of aromatic nitrogens is 1. The molecule has 1 aliphatic rings. The molecule has 0 N–H and O–H groups in total. The Balaban J connectivity index is 1.97. The number of hydrogen-bond donors (Lipinski definition) is 0. The highest BCUT2D eigenvalue weighted by Crippen LogP contribution is 2.33. The van der Waals surface area contributed by atoms with Gasteiger partial charge in [0.05, 0.1) is 18.2 Å². The highest BCUT2D eigenvalue weighted by atomic mass is 32.2. The summed E-state index contributed by atoms with van der Waals surface area (Å²) >= 11 is 0. The molecule has 1 saturated heterocycles. The summed E-state index contributed by atoms with van der Waals surface area (Å²) in [5.74, 6) is -0.596. The van der Waals surface area contributed by atoms with Crippen LogP contribution in [-0.4, -0.2) is 67.1 Å². The summed E-state index contributed by atoms with van der Waals surface area (Å²) in [6, 6.07) is 3.96. The summed E-state index contributed by atoms with van der Waals surface area (Å²) in [5, 5.41) is 0.219. The molecule has 31 heavy (non-hydrogen) atoms. The van der Waals surface area contributed by atoms with Crippen LogP contribution < -0.4 is 4.74 Å². The van der Waals surface area contributed by atoms with E-state index in [0.29, 0.717) is 13.0 Å². The molecule has 1 fully saturated rings. The van der Waals surface area contributed by atoms with E-state index in [1.807, 2.05) is 0 Å². The third-order valence-electron chi connectivity index (χ3n) is 5.01. The summed E-state index contributed by atoms with van der Waals surface area (Å²) in [7, 11) is -2.67. The highest BCUT2D eigenvalue weighted by Gasteiger charge is 2.36. The first kappa shape index (κ1) is 23.2. The van der Waals surface area contributed by atoms with Gasteiger partial charge >= 0.3 is 6.09 Å². The van der Waals surface area contributed by atoms with E-state index in [1.54, 1.807) is 33.8 Å². The number of rotatable bonds is 3. The van der Waals surface area contributed by atoms with Crippen molar-refractivity contribution in [2.24, 2.45) is 0 Å². The third-order valence-corrected chi connectivity index (χ3v) is 7.06. The van der Waals surface area contributed by atoms with E-state index >= 15 is 0 Å². The largest absolute Gasteiger partial charge is 0.481 e. The smallest absolute Gasteiger partial charge is 0.410 e. The van der Waals surface area contributed by atoms with Gasteiger partial charge in [0.1, 0.15) is 5.60 Å². The second-order valence-electron chi connectivity index (χ2n) is 8.54. The van der Waals surface area contributed by atoms with Gasteiger partial charge in [-0.2, -0.15) is 4.31 Å². The first-order valence-corrected chi connectivity index (χ1v) is 11.5. The fourth-order valence-electron chi connectivity index (χ4n) is 3.70. The quantitative estimate of drug-likeness (QED) is 0.708. The Morgan fingerprint density at radius 2 is 1.97 bits per heavy atom. The van der Waals surface area contributed by atoms with Crippen molar-refractivity contribution in [3.8, 4) is 5.88 Å². The number of sulfonamides is 1. The summed E-state index contributed by atoms with van der Waals surface area (Å²) in [6.45, 7) is 7.80. The highest BCUT2D eigenvalue weighted by molar-refractivity contribution is 7.89. The van der Waals surface area contributed by atoms with Crippen molar-refractivity contribution < 1.29 is 27.1 Å². The molecule has 2 aromatic rings. The number of carbonyl (C=O) groups excluding carboxylic acids is 1. The number of carbonyl (C=O) groups is 1. The minimum Gasteiger partial charge on any atom is -0.481 e. The first-order valence-electron chi connectivity index (χ1n) is 10.1. The zero-order valence-electron chi connectivity index (χ0n) is 18.4. The monoisotopic (exact) mass is 453 g/mol. The molecular weight excluding hydrogens is 425 g/mol. The number of benzene rings is 1. The van der Waals surface area contributed by atoms with E-state index in [1.165, 1.54) is 28.4 Å². The van der Waals surface area contributed by atoms with Crippen LogP contribution in [0.2, 0.25) is 0 Å². The minimum absolute atomic E-state index is 0.0604. The molecule has 3 rings (SSSR count). The summed E-state index contributed by atoms with van der Waals surface area (Å²) in [6.07, 6.45) is 0.905. The van der Waals surface area contributed by atoms with Crippen LogP contribution in [0.1, 0.15) is 34.1 Å². The van der Waals surface area contributed by atoms with Crippen LogP contribution in [0.4, 0.5) is 9.18 Å². The van der Waals surface area contributed by atoms with E-state index in [0.717, 1.165) is 6.20 Å². The van der Waals surface area contributed by atoms with Crippen LogP contribution in [0.5, 0.6) is 5.88 Å². The van der Waals surface area contributed by atoms with Gasteiger partial charge < -0.3 is 14.4 Å². The topological polar surface area (TPSA) is 89.0 Å². The van der Waals surface area contributed by atoms with Crippen molar-refractivity contribution in [3.05, 3.63) is 30.2 Å². The number of amides is 1. The Morgan fingerprint density at radius 3 is 2.61 bits per heavy atom. The Labute approximate surface area is 182 Å². The van der Waals surface area contributed by atoms with Crippen LogP contribution in [0, 0.1) is 5.82 Å². The molecule has 2 heterocycles. The van der Waals surface area contributed by atoms with Crippen molar-refractivity contribution in [2.45, 2.75) is 50.7 Å². The molecule has 0 saturated carbocycles. The molecule has 0 radical (unpaired) electrons. The predicted octanol–water partition coefficient (Wildman–Crippen LogP) is 3.40. The van der Waals surface area contributed by atoms with Gasteiger partial charge in [-0.1, -0.05) is 6.07 Å². The van der Waals surface area contributed by atoms with Crippen molar-refractivity contribution in [3.63, 3.8) is 0 Å². The van der Waals surface area contributed by atoms with Crippen LogP contribution in [0.15, 0.2) is 29.3 Å². The van der Waals surface area contributed by atoms with Gasteiger partial charge in [-0.05, 0) is 46.2 Å². The lowest BCUT2D eigenvalue weighted by atomic mass is 10.1. The molecule has 1 amide bonds. The average Bonchev–Trinajstić information content (AvgIpc) is 2.89. The van der Waals surface area contributed by atoms with Crippen LogP contribution in [0.25, 0.3) is 10.8 Å². The maximum atomic E-state index is 14.7. The standard InChI is InChI=1S/C21H28FN3O5S/c1-14-13-24(20(26)30-21(2,3)4)10-7-11-25(14)31(27,28)17-9-6-8-15-18(17)16(22)12-23-19(15)29-5/h6,8-9,12,14H,7,10-11,13H2,1-5H3/t14-/m1/s1. The van der Waals surface area contributed by atoms with Gasteiger partial charge in [0, 0.05) is 36.4 Å². The lowest BCUT2D eigenvalue weighted by Crippen LogP contribution is -2.45. The maximum absolute atomic E-state index is 14.7. The molecular formula is C21H28FN3O5S. The van der Waals surface area contributed by atoms with E-state index < -0.39 is 33.6 Å². The van der Waals surface area contributed by atoms with Gasteiger partial charge in [-0.3, -0.25) is 0 Å². The molecule has 8 nitrogen and oxygen atoms in total. The Kier molecular flexibility index (Phi) is 6.43. The molecule has 10 heteroatoms. The molecule has 1 atom stereocenters. The number of hydrogen-bond acceptors (Lipinski definition) is 6. The van der Waals surface area contributed by atoms with Crippen LogP contribution >= 0.6 is 0 Å². The molecule has 0 unspecified atom stereocenters. The van der Waals surface area contributed by atoms with Gasteiger partial charge in [0.15, 0.2) is 5.82 Å². The zero-order chi connectivity index (χ0) is 23.0. The molecule has 0 bridgehead atoms. The number of methoxy groups -OCH3 is 1. The number of pyridine rings is 1. The predicted molar refractivity (Wildman–Crippen MR) is 114 cm³/mol.